The van der Waals surface area contributed by atoms with Crippen LogP contribution < -0.4 is 0 Å². The van der Waals surface area contributed by atoms with Crippen LogP contribution in [0.25, 0.3) is 0 Å². The van der Waals surface area contributed by atoms with E-state index in [4.69, 9.17) is 18.9 Å². The summed E-state index contributed by atoms with van der Waals surface area (Å²) in [7, 11) is 3.43. The van der Waals surface area contributed by atoms with Crippen molar-refractivity contribution in [1.29, 1.82) is 0 Å². The molecule has 0 rings (SSSR count). The fraction of sp³-hybridized carbons (Fsp3) is 0.926. The average molecular weight is 443 g/mol. The third kappa shape index (κ3) is 25.6. The third-order valence-electron chi connectivity index (χ3n) is 5.82. The van der Waals surface area contributed by atoms with Gasteiger partial charge in [0.2, 0.25) is 0 Å². The van der Waals surface area contributed by atoms with Crippen molar-refractivity contribution in [3.63, 3.8) is 0 Å². The zero-order valence-electron chi connectivity index (χ0n) is 21.2. The SMILES string of the molecule is CCCCCCCCCCOCOC=CCCCCCCCCCCCC(OC)OC. The standard InChI is InChI=1S/C27H54O4/c1-4-5-6-7-8-15-18-21-24-30-26-31-25-22-19-16-13-11-9-10-12-14-17-20-23-27(28-2)29-3/h22,25,27H,4-21,23-24,26H2,1-3H3. The zero-order chi connectivity index (χ0) is 22.7. The van der Waals surface area contributed by atoms with Gasteiger partial charge in [-0.3, -0.25) is 0 Å². The fourth-order valence-electron chi connectivity index (χ4n) is 3.76. The fourth-order valence-corrected chi connectivity index (χ4v) is 3.76. The Bertz CT molecular complexity index is 342. The van der Waals surface area contributed by atoms with Gasteiger partial charge in [0.05, 0.1) is 12.9 Å². The van der Waals surface area contributed by atoms with Gasteiger partial charge in [-0.05, 0) is 38.2 Å². The van der Waals surface area contributed by atoms with Crippen molar-refractivity contribution in [2.45, 2.75) is 135 Å². The highest BCUT2D eigenvalue weighted by Crippen LogP contribution is 2.13. The van der Waals surface area contributed by atoms with Crippen LogP contribution in [0, 0.1) is 0 Å². The molecule has 0 N–H and O–H groups in total. The maximum absolute atomic E-state index is 5.52. The van der Waals surface area contributed by atoms with Gasteiger partial charge >= 0.3 is 0 Å². The normalized spacial score (nSPS) is 11.7. The second kappa shape index (κ2) is 27.5. The molecule has 0 aliphatic heterocycles. The van der Waals surface area contributed by atoms with E-state index in [9.17, 15) is 0 Å². The number of ether oxygens (including phenoxy) is 4. The number of hydrogen-bond acceptors (Lipinski definition) is 4. The predicted octanol–water partition coefficient (Wildman–Crippen LogP) is 8.54. The molecule has 4 heteroatoms. The van der Waals surface area contributed by atoms with Gasteiger partial charge in [0.1, 0.15) is 0 Å². The second-order valence-corrected chi connectivity index (χ2v) is 8.70. The van der Waals surface area contributed by atoms with Crippen LogP contribution in [0.4, 0.5) is 0 Å². The molecule has 0 spiro atoms. The van der Waals surface area contributed by atoms with E-state index in [0.717, 1.165) is 25.9 Å². The van der Waals surface area contributed by atoms with Crippen molar-refractivity contribution >= 4 is 0 Å². The van der Waals surface area contributed by atoms with E-state index in [1.807, 2.05) is 6.26 Å². The summed E-state index contributed by atoms with van der Waals surface area (Å²) in [6, 6.07) is 0. The lowest BCUT2D eigenvalue weighted by molar-refractivity contribution is -0.107. The Kier molecular flexibility index (Phi) is 26.9. The summed E-state index contributed by atoms with van der Waals surface area (Å²) in [5.41, 5.74) is 0. The lowest BCUT2D eigenvalue weighted by atomic mass is 10.1. The average Bonchev–Trinajstić information content (AvgIpc) is 2.79. The van der Waals surface area contributed by atoms with Gasteiger partial charge < -0.3 is 18.9 Å². The second-order valence-electron chi connectivity index (χ2n) is 8.70. The lowest BCUT2D eigenvalue weighted by Crippen LogP contribution is -2.12. The Morgan fingerprint density at radius 1 is 0.613 bits per heavy atom. The molecule has 0 bridgehead atoms. The molecule has 0 unspecified atom stereocenters. The van der Waals surface area contributed by atoms with Crippen LogP contribution in [-0.4, -0.2) is 33.9 Å². The molecule has 0 saturated carbocycles. The topological polar surface area (TPSA) is 36.9 Å². The number of hydrogen-bond donors (Lipinski definition) is 0. The molecule has 0 saturated heterocycles. The van der Waals surface area contributed by atoms with Crippen LogP contribution in [0.5, 0.6) is 0 Å². The van der Waals surface area contributed by atoms with Crippen LogP contribution in [0.3, 0.4) is 0 Å². The molecule has 31 heavy (non-hydrogen) atoms. The Morgan fingerprint density at radius 3 is 1.71 bits per heavy atom. The van der Waals surface area contributed by atoms with Gasteiger partial charge in [0.25, 0.3) is 0 Å². The molecular formula is C27H54O4. The predicted molar refractivity (Wildman–Crippen MR) is 132 cm³/mol. The van der Waals surface area contributed by atoms with E-state index < -0.39 is 0 Å². The van der Waals surface area contributed by atoms with Crippen molar-refractivity contribution in [1.82, 2.24) is 0 Å². The highest BCUT2D eigenvalue weighted by atomic mass is 16.7. The molecule has 4 nitrogen and oxygen atoms in total. The Hall–Kier alpha value is -0.580. The van der Waals surface area contributed by atoms with Crippen molar-refractivity contribution in [2.75, 3.05) is 27.6 Å². The Balaban J connectivity index is 3.12. The summed E-state index contributed by atoms with van der Waals surface area (Å²) in [4.78, 5) is 0. The van der Waals surface area contributed by atoms with Crippen molar-refractivity contribution in [2.24, 2.45) is 0 Å². The van der Waals surface area contributed by atoms with Gasteiger partial charge in [-0.1, -0.05) is 96.8 Å². The molecule has 0 amide bonds. The minimum absolute atomic E-state index is 0.0216. The third-order valence-corrected chi connectivity index (χ3v) is 5.82. The largest absolute Gasteiger partial charge is 0.475 e. The summed E-state index contributed by atoms with van der Waals surface area (Å²) in [6.07, 6.45) is 28.6. The number of rotatable bonds is 26. The molecule has 0 aromatic heterocycles. The molecule has 0 aliphatic carbocycles. The first-order chi connectivity index (χ1) is 15.3. The summed E-state index contributed by atoms with van der Waals surface area (Å²) >= 11 is 0. The van der Waals surface area contributed by atoms with Gasteiger partial charge in [-0.15, -0.1) is 0 Å². The van der Waals surface area contributed by atoms with Gasteiger partial charge in [-0.25, -0.2) is 0 Å². The molecule has 0 aliphatic rings. The molecule has 0 heterocycles. The van der Waals surface area contributed by atoms with E-state index in [1.54, 1.807) is 14.2 Å². The minimum atomic E-state index is -0.0216. The number of allylic oxidation sites excluding steroid dienone is 1. The zero-order valence-corrected chi connectivity index (χ0v) is 21.2. The molecule has 0 radical (unpaired) electrons. The van der Waals surface area contributed by atoms with Gasteiger partial charge in [0.15, 0.2) is 13.1 Å². The Labute approximate surface area is 194 Å². The summed E-state index contributed by atoms with van der Waals surface area (Å²) in [6.45, 7) is 3.48. The maximum atomic E-state index is 5.52. The smallest absolute Gasteiger partial charge is 0.188 e. The maximum Gasteiger partial charge on any atom is 0.188 e. The van der Waals surface area contributed by atoms with Crippen molar-refractivity contribution < 1.29 is 18.9 Å². The first kappa shape index (κ1) is 30.4. The number of methoxy groups -OCH3 is 2. The van der Waals surface area contributed by atoms with Crippen LogP contribution in [0.1, 0.15) is 129 Å². The highest BCUT2D eigenvalue weighted by molar-refractivity contribution is 4.72. The molecular weight excluding hydrogens is 388 g/mol. The molecule has 186 valence electrons. The van der Waals surface area contributed by atoms with E-state index >= 15 is 0 Å². The van der Waals surface area contributed by atoms with Crippen LogP contribution in [0.15, 0.2) is 12.3 Å². The van der Waals surface area contributed by atoms with Crippen molar-refractivity contribution in [3.8, 4) is 0 Å². The van der Waals surface area contributed by atoms with Crippen LogP contribution in [-0.2, 0) is 18.9 Å². The summed E-state index contributed by atoms with van der Waals surface area (Å²) in [5.74, 6) is 0. The highest BCUT2D eigenvalue weighted by Gasteiger charge is 2.03. The molecule has 0 aromatic carbocycles. The van der Waals surface area contributed by atoms with E-state index in [1.165, 1.54) is 103 Å². The monoisotopic (exact) mass is 442 g/mol. The van der Waals surface area contributed by atoms with Gasteiger partial charge in [0, 0.05) is 14.2 Å². The van der Waals surface area contributed by atoms with E-state index in [0.29, 0.717) is 6.79 Å². The molecule has 0 aromatic rings. The summed E-state index contributed by atoms with van der Waals surface area (Å²) in [5, 5.41) is 0. The lowest BCUT2D eigenvalue weighted by Gasteiger charge is -2.12. The van der Waals surface area contributed by atoms with E-state index in [2.05, 4.69) is 13.0 Å². The van der Waals surface area contributed by atoms with Gasteiger partial charge in [-0.2, -0.15) is 0 Å². The molecule has 0 atom stereocenters. The first-order valence-corrected chi connectivity index (χ1v) is 13.2. The molecule has 0 fully saturated rings. The number of unbranched alkanes of at least 4 members (excludes halogenated alkanes) is 16. The Morgan fingerprint density at radius 2 is 1.13 bits per heavy atom. The quantitative estimate of drug-likeness (QED) is 0.0764. The summed E-state index contributed by atoms with van der Waals surface area (Å²) < 4.78 is 21.4. The van der Waals surface area contributed by atoms with Crippen LogP contribution in [0.2, 0.25) is 0 Å². The van der Waals surface area contributed by atoms with Crippen LogP contribution >= 0.6 is 0 Å². The first-order valence-electron chi connectivity index (χ1n) is 13.2. The van der Waals surface area contributed by atoms with Crippen molar-refractivity contribution in [3.05, 3.63) is 12.3 Å². The minimum Gasteiger partial charge on any atom is -0.475 e. The van der Waals surface area contributed by atoms with E-state index in [-0.39, 0.29) is 6.29 Å².